The first-order chi connectivity index (χ1) is 19.9. The molecule has 41 heavy (non-hydrogen) atoms. The van der Waals surface area contributed by atoms with Crippen molar-refractivity contribution in [1.29, 1.82) is 0 Å². The van der Waals surface area contributed by atoms with Gasteiger partial charge in [0.25, 0.3) is 0 Å². The second-order valence-electron chi connectivity index (χ2n) is 10.4. The van der Waals surface area contributed by atoms with Crippen molar-refractivity contribution >= 4 is 17.7 Å². The molecule has 3 aromatic rings. The van der Waals surface area contributed by atoms with E-state index in [1.807, 2.05) is 72.5 Å². The van der Waals surface area contributed by atoms with E-state index in [2.05, 4.69) is 22.3 Å². The summed E-state index contributed by atoms with van der Waals surface area (Å²) in [6.45, 7) is 6.20. The first-order valence-electron chi connectivity index (χ1n) is 14.1. The lowest BCUT2D eigenvalue weighted by molar-refractivity contribution is -0.139. The van der Waals surface area contributed by atoms with Gasteiger partial charge in [0.1, 0.15) is 18.9 Å². The lowest BCUT2D eigenvalue weighted by Gasteiger charge is -2.40. The summed E-state index contributed by atoms with van der Waals surface area (Å²) in [5.41, 5.74) is 6.05. The van der Waals surface area contributed by atoms with Gasteiger partial charge in [-0.2, -0.15) is 0 Å². The van der Waals surface area contributed by atoms with Gasteiger partial charge in [-0.3, -0.25) is 4.90 Å². The Morgan fingerprint density at radius 1 is 0.976 bits per heavy atom. The van der Waals surface area contributed by atoms with Crippen LogP contribution >= 0.6 is 0 Å². The van der Waals surface area contributed by atoms with Gasteiger partial charge < -0.3 is 29.9 Å². The van der Waals surface area contributed by atoms with Crippen molar-refractivity contribution in [2.45, 2.75) is 31.5 Å². The summed E-state index contributed by atoms with van der Waals surface area (Å²) in [6, 6.07) is 22.4. The molecule has 2 atom stereocenters. The van der Waals surface area contributed by atoms with Crippen molar-refractivity contribution in [3.8, 4) is 11.1 Å². The van der Waals surface area contributed by atoms with Crippen molar-refractivity contribution < 1.29 is 29.3 Å². The van der Waals surface area contributed by atoms with Crippen molar-refractivity contribution in [1.82, 2.24) is 10.2 Å². The van der Waals surface area contributed by atoms with Crippen LogP contribution in [0.1, 0.15) is 29.5 Å². The van der Waals surface area contributed by atoms with Crippen LogP contribution in [0.25, 0.3) is 11.1 Å². The molecule has 5 rings (SSSR count). The molecule has 0 unspecified atom stereocenters. The molecule has 2 aliphatic rings. The molecule has 0 spiro atoms. The number of rotatable bonds is 11. The fraction of sp³-hybridized carbons (Fsp3) is 0.375. The Bertz CT molecular complexity index is 1300. The van der Waals surface area contributed by atoms with Crippen LogP contribution in [0, 0.1) is 0 Å². The second-order valence-corrected chi connectivity index (χ2v) is 10.4. The van der Waals surface area contributed by atoms with Gasteiger partial charge >= 0.3 is 12.1 Å². The Morgan fingerprint density at radius 2 is 1.63 bits per heavy atom. The molecule has 0 saturated carbocycles. The van der Waals surface area contributed by atoms with Gasteiger partial charge in [-0.05, 0) is 46.9 Å². The Labute approximate surface area is 240 Å². The fourth-order valence-electron chi connectivity index (χ4n) is 5.70. The van der Waals surface area contributed by atoms with E-state index in [0.29, 0.717) is 26.3 Å². The minimum absolute atomic E-state index is 0.105. The molecule has 1 aliphatic heterocycles. The molecule has 1 amide bonds. The maximum atomic E-state index is 12.7. The summed E-state index contributed by atoms with van der Waals surface area (Å²) in [6.07, 6.45) is -1.30. The highest BCUT2D eigenvalue weighted by Gasteiger charge is 2.30. The lowest BCUT2D eigenvalue weighted by Crippen LogP contribution is -2.53. The van der Waals surface area contributed by atoms with E-state index < -0.39 is 24.3 Å². The third-order valence-corrected chi connectivity index (χ3v) is 7.84. The molecule has 216 valence electrons. The summed E-state index contributed by atoms with van der Waals surface area (Å²) in [5, 5.41) is 23.0. The highest BCUT2D eigenvalue weighted by atomic mass is 16.5. The number of aliphatic hydroxyl groups excluding tert-OH is 1. The quantitative estimate of drug-likeness (QED) is 0.305. The van der Waals surface area contributed by atoms with E-state index in [1.54, 1.807) is 0 Å². The van der Waals surface area contributed by atoms with Gasteiger partial charge in [-0.15, -0.1) is 0 Å². The van der Waals surface area contributed by atoms with Gasteiger partial charge in [0.05, 0.1) is 6.61 Å². The number of fused-ring (bicyclic) bond motifs is 3. The number of piperazine rings is 1. The Kier molecular flexibility index (Phi) is 9.18. The number of ether oxygens (including phenoxy) is 2. The van der Waals surface area contributed by atoms with Crippen LogP contribution in [-0.4, -0.2) is 85.4 Å². The fourth-order valence-corrected chi connectivity index (χ4v) is 5.70. The average molecular weight is 560 g/mol. The zero-order chi connectivity index (χ0) is 28.8. The molecule has 9 heteroatoms. The summed E-state index contributed by atoms with van der Waals surface area (Å²) >= 11 is 0. The molecule has 1 saturated heterocycles. The number of carbonyl (C=O) groups is 2. The number of aliphatic hydroxyl groups is 1. The first-order valence-corrected chi connectivity index (χ1v) is 14.1. The number of carboxylic acid groups (broad SMARTS) is 1. The molecule has 0 bridgehead atoms. The van der Waals surface area contributed by atoms with E-state index in [-0.39, 0.29) is 18.9 Å². The second kappa shape index (κ2) is 13.2. The molecule has 0 radical (unpaired) electrons. The molecule has 1 aliphatic carbocycles. The molecule has 1 heterocycles. The third-order valence-electron chi connectivity index (χ3n) is 7.84. The van der Waals surface area contributed by atoms with Crippen LogP contribution in [0.15, 0.2) is 72.8 Å². The van der Waals surface area contributed by atoms with Gasteiger partial charge in [0.2, 0.25) is 0 Å². The standard InChI is InChI=1S/C32H37N3O6/c1-2-40-18-17-34-15-16-35(30(36)20-34)23-13-11-22(12-14-23)19-29(31(37)38)33-32(39)41-21-28-26-9-5-3-7-24(26)25-8-4-6-10-27(25)28/h3-14,28-30,36H,2,15-21H2,1H3,(H,33,39)(H,37,38)/t29-,30-/m0/s1. The molecule has 3 aromatic carbocycles. The number of nitrogens with one attached hydrogen (secondary N) is 1. The highest BCUT2D eigenvalue weighted by molar-refractivity contribution is 5.81. The maximum Gasteiger partial charge on any atom is 0.407 e. The number of alkyl carbamates (subject to hydrolysis) is 1. The van der Waals surface area contributed by atoms with Crippen LogP contribution in [0.4, 0.5) is 10.5 Å². The number of benzene rings is 3. The predicted molar refractivity (Wildman–Crippen MR) is 156 cm³/mol. The lowest BCUT2D eigenvalue weighted by atomic mass is 9.98. The van der Waals surface area contributed by atoms with Crippen molar-refractivity contribution in [2.24, 2.45) is 0 Å². The largest absolute Gasteiger partial charge is 0.480 e. The summed E-state index contributed by atoms with van der Waals surface area (Å²) < 4.78 is 11.0. The van der Waals surface area contributed by atoms with Crippen LogP contribution in [0.3, 0.4) is 0 Å². The van der Waals surface area contributed by atoms with Crippen LogP contribution in [-0.2, 0) is 20.7 Å². The van der Waals surface area contributed by atoms with Crippen molar-refractivity contribution in [2.75, 3.05) is 50.9 Å². The van der Waals surface area contributed by atoms with Crippen LogP contribution in [0.5, 0.6) is 0 Å². The number of carbonyl (C=O) groups excluding carboxylic acids is 1. The Balaban J connectivity index is 1.15. The monoisotopic (exact) mass is 559 g/mol. The van der Waals surface area contributed by atoms with E-state index in [4.69, 9.17) is 9.47 Å². The average Bonchev–Trinajstić information content (AvgIpc) is 3.30. The molecular weight excluding hydrogens is 522 g/mol. The topological polar surface area (TPSA) is 112 Å². The molecular formula is C32H37N3O6. The molecule has 3 N–H and O–H groups in total. The Hall–Kier alpha value is -3.92. The highest BCUT2D eigenvalue weighted by Crippen LogP contribution is 2.44. The van der Waals surface area contributed by atoms with Gasteiger partial charge in [-0.1, -0.05) is 60.7 Å². The number of amides is 1. The zero-order valence-corrected chi connectivity index (χ0v) is 23.2. The van der Waals surface area contributed by atoms with E-state index in [1.165, 1.54) is 0 Å². The van der Waals surface area contributed by atoms with Crippen LogP contribution < -0.4 is 10.2 Å². The van der Waals surface area contributed by atoms with E-state index in [0.717, 1.165) is 46.6 Å². The van der Waals surface area contributed by atoms with Gasteiger partial charge in [0.15, 0.2) is 0 Å². The number of hydrogen-bond donors (Lipinski definition) is 3. The number of nitrogens with zero attached hydrogens (tertiary/aromatic N) is 2. The van der Waals surface area contributed by atoms with Crippen LogP contribution in [0.2, 0.25) is 0 Å². The molecule has 0 aromatic heterocycles. The SMILES string of the molecule is CCOCCN1CCN(c2ccc(C[C@H](NC(=O)OCC3c4ccccc4-c4ccccc43)C(=O)O)cc2)[C@@H](O)C1. The minimum Gasteiger partial charge on any atom is -0.480 e. The minimum atomic E-state index is -1.14. The van der Waals surface area contributed by atoms with E-state index >= 15 is 0 Å². The first kappa shape index (κ1) is 28.6. The normalized spacial score (nSPS) is 17.5. The van der Waals surface area contributed by atoms with Gasteiger partial charge in [0, 0.05) is 50.8 Å². The van der Waals surface area contributed by atoms with E-state index in [9.17, 15) is 19.8 Å². The number of carboxylic acids is 1. The van der Waals surface area contributed by atoms with Gasteiger partial charge in [-0.25, -0.2) is 9.59 Å². The predicted octanol–water partition coefficient (Wildman–Crippen LogP) is 3.70. The number of hydrogen-bond acceptors (Lipinski definition) is 7. The number of anilines is 1. The zero-order valence-electron chi connectivity index (χ0n) is 23.2. The molecule has 1 fully saturated rings. The Morgan fingerprint density at radius 3 is 2.24 bits per heavy atom. The smallest absolute Gasteiger partial charge is 0.407 e. The summed E-state index contributed by atoms with van der Waals surface area (Å²) in [5.74, 6) is -1.24. The molecule has 9 nitrogen and oxygen atoms in total. The number of β-amino-alcohol motifs (C(OH)–C–C–N with tert-alkyl or cyclic N) is 1. The summed E-state index contributed by atoms with van der Waals surface area (Å²) in [7, 11) is 0. The number of aliphatic carboxylic acids is 1. The summed E-state index contributed by atoms with van der Waals surface area (Å²) in [4.78, 5) is 28.8. The third kappa shape index (κ3) is 6.70. The maximum absolute atomic E-state index is 12.7. The van der Waals surface area contributed by atoms with Crippen molar-refractivity contribution in [3.63, 3.8) is 0 Å². The van der Waals surface area contributed by atoms with Crippen molar-refractivity contribution in [3.05, 3.63) is 89.5 Å².